The van der Waals surface area contributed by atoms with Crippen molar-refractivity contribution in [3.05, 3.63) is 71.8 Å². The molecule has 0 aliphatic heterocycles. The van der Waals surface area contributed by atoms with E-state index in [1.807, 2.05) is 43.3 Å². The third kappa shape index (κ3) is 8.39. The van der Waals surface area contributed by atoms with Gasteiger partial charge in [0.05, 0.1) is 6.10 Å². The summed E-state index contributed by atoms with van der Waals surface area (Å²) in [5.74, 6) is 0.726. The molecule has 0 radical (unpaired) electrons. The van der Waals surface area contributed by atoms with E-state index in [0.29, 0.717) is 12.4 Å². The van der Waals surface area contributed by atoms with Crippen molar-refractivity contribution >= 4 is 11.8 Å². The zero-order valence-corrected chi connectivity index (χ0v) is 20.3. The molecule has 6 nitrogen and oxygen atoms in total. The molecule has 33 heavy (non-hydrogen) atoms. The molecule has 6 heteroatoms. The molecule has 2 unspecified atom stereocenters. The van der Waals surface area contributed by atoms with Crippen LogP contribution in [-0.4, -0.2) is 44.3 Å². The lowest BCUT2D eigenvalue weighted by Gasteiger charge is -2.26. The monoisotopic (exact) mass is 454 g/mol. The fourth-order valence-corrected chi connectivity index (χ4v) is 3.05. The Kier molecular flexibility index (Phi) is 9.67. The van der Waals surface area contributed by atoms with Crippen LogP contribution in [0, 0.1) is 0 Å². The quantitative estimate of drug-likeness (QED) is 0.336. The molecule has 2 aromatic carbocycles. The Morgan fingerprint density at radius 1 is 0.818 bits per heavy atom. The normalized spacial score (nSPS) is 13.4. The minimum absolute atomic E-state index is 0.0421. The molecule has 0 fully saturated rings. The summed E-state index contributed by atoms with van der Waals surface area (Å²) in [6.07, 6.45) is 1.89. The SMILES string of the molecule is COC(C)COc1ccc(C(C)(C)c2ccc(OCC(C)OC(=O)/C=C/C(C)=O)cc2)cc1. The molecule has 0 aliphatic carbocycles. The lowest BCUT2D eigenvalue weighted by atomic mass is 9.78. The van der Waals surface area contributed by atoms with Gasteiger partial charge in [0.2, 0.25) is 0 Å². The van der Waals surface area contributed by atoms with Gasteiger partial charge in [0.1, 0.15) is 30.8 Å². The molecule has 0 spiro atoms. The van der Waals surface area contributed by atoms with Gasteiger partial charge >= 0.3 is 5.97 Å². The van der Waals surface area contributed by atoms with Crippen molar-refractivity contribution in [2.75, 3.05) is 20.3 Å². The molecule has 0 saturated carbocycles. The molecule has 0 aromatic heterocycles. The van der Waals surface area contributed by atoms with Crippen molar-refractivity contribution in [3.8, 4) is 11.5 Å². The summed E-state index contributed by atoms with van der Waals surface area (Å²) in [5, 5.41) is 0. The van der Waals surface area contributed by atoms with Crippen molar-refractivity contribution in [2.45, 2.75) is 52.2 Å². The van der Waals surface area contributed by atoms with E-state index in [-0.39, 0.29) is 23.9 Å². The third-order valence-corrected chi connectivity index (χ3v) is 5.30. The lowest BCUT2D eigenvalue weighted by Crippen LogP contribution is -2.21. The van der Waals surface area contributed by atoms with Gasteiger partial charge in [-0.05, 0) is 62.2 Å². The number of carbonyl (C=O) groups excluding carboxylic acids is 2. The summed E-state index contributed by atoms with van der Waals surface area (Å²) >= 11 is 0. The third-order valence-electron chi connectivity index (χ3n) is 5.30. The summed E-state index contributed by atoms with van der Waals surface area (Å²) < 4.78 is 21.9. The number of benzene rings is 2. The number of hydrogen-bond donors (Lipinski definition) is 0. The van der Waals surface area contributed by atoms with Crippen LogP contribution < -0.4 is 9.47 Å². The van der Waals surface area contributed by atoms with E-state index < -0.39 is 12.1 Å². The first-order valence-electron chi connectivity index (χ1n) is 11.0. The Bertz CT molecular complexity index is 928. The molecule has 2 aromatic rings. The number of ether oxygens (including phenoxy) is 4. The van der Waals surface area contributed by atoms with Crippen LogP contribution in [0.4, 0.5) is 0 Å². The van der Waals surface area contributed by atoms with Crippen molar-refractivity contribution < 1.29 is 28.5 Å². The predicted molar refractivity (Wildman–Crippen MR) is 128 cm³/mol. The Balaban J connectivity index is 1.93. The molecular formula is C27H34O6. The van der Waals surface area contributed by atoms with Crippen molar-refractivity contribution in [2.24, 2.45) is 0 Å². The van der Waals surface area contributed by atoms with Crippen molar-refractivity contribution in [1.82, 2.24) is 0 Å². The Morgan fingerprint density at radius 2 is 1.27 bits per heavy atom. The highest BCUT2D eigenvalue weighted by Crippen LogP contribution is 2.33. The van der Waals surface area contributed by atoms with Crippen LogP contribution in [0.15, 0.2) is 60.7 Å². The average molecular weight is 455 g/mol. The highest BCUT2D eigenvalue weighted by atomic mass is 16.6. The highest BCUT2D eigenvalue weighted by molar-refractivity contribution is 5.94. The van der Waals surface area contributed by atoms with E-state index in [1.165, 1.54) is 18.6 Å². The van der Waals surface area contributed by atoms with Gasteiger partial charge < -0.3 is 18.9 Å². The van der Waals surface area contributed by atoms with Crippen LogP contribution in [0.5, 0.6) is 11.5 Å². The average Bonchev–Trinajstić information content (AvgIpc) is 2.80. The van der Waals surface area contributed by atoms with E-state index in [4.69, 9.17) is 18.9 Å². The molecule has 2 rings (SSSR count). The summed E-state index contributed by atoms with van der Waals surface area (Å²) in [6.45, 7) is 10.1. The van der Waals surface area contributed by atoms with E-state index in [2.05, 4.69) is 26.0 Å². The van der Waals surface area contributed by atoms with Crippen LogP contribution in [0.2, 0.25) is 0 Å². The first-order valence-corrected chi connectivity index (χ1v) is 11.0. The molecule has 0 bridgehead atoms. The van der Waals surface area contributed by atoms with Gasteiger partial charge in [-0.3, -0.25) is 4.79 Å². The predicted octanol–water partition coefficient (Wildman–Crippen LogP) is 4.88. The number of ketones is 1. The van der Waals surface area contributed by atoms with E-state index in [1.54, 1.807) is 14.0 Å². The fourth-order valence-electron chi connectivity index (χ4n) is 3.05. The number of methoxy groups -OCH3 is 1. The standard InChI is InChI=1S/C27H34O6/c1-19(28)7-16-26(29)33-21(3)18-32-25-14-10-23(11-15-25)27(4,5)22-8-12-24(13-9-22)31-17-20(2)30-6/h7-16,20-21H,17-18H2,1-6H3/b16-7+. The first-order chi connectivity index (χ1) is 15.6. The van der Waals surface area contributed by atoms with Gasteiger partial charge in [-0.1, -0.05) is 38.1 Å². The van der Waals surface area contributed by atoms with E-state index in [9.17, 15) is 9.59 Å². The largest absolute Gasteiger partial charge is 0.491 e. The number of allylic oxidation sites excluding steroid dienone is 1. The molecule has 0 aliphatic rings. The van der Waals surface area contributed by atoms with E-state index in [0.717, 1.165) is 17.4 Å². The minimum Gasteiger partial charge on any atom is -0.491 e. The summed E-state index contributed by atoms with van der Waals surface area (Å²) in [7, 11) is 1.67. The second-order valence-electron chi connectivity index (χ2n) is 8.53. The first kappa shape index (κ1) is 26.1. The number of carbonyl (C=O) groups is 2. The second-order valence-corrected chi connectivity index (χ2v) is 8.53. The maximum absolute atomic E-state index is 11.6. The number of esters is 1. The lowest BCUT2D eigenvalue weighted by molar-refractivity contribution is -0.143. The summed E-state index contributed by atoms with van der Waals surface area (Å²) in [4.78, 5) is 22.5. The van der Waals surface area contributed by atoms with Crippen molar-refractivity contribution in [3.63, 3.8) is 0 Å². The Labute approximate surface area is 196 Å². The van der Waals surface area contributed by atoms with Gasteiger partial charge in [-0.2, -0.15) is 0 Å². The Morgan fingerprint density at radius 3 is 1.70 bits per heavy atom. The van der Waals surface area contributed by atoms with Crippen LogP contribution in [-0.2, 0) is 24.5 Å². The maximum Gasteiger partial charge on any atom is 0.331 e. The van der Waals surface area contributed by atoms with E-state index >= 15 is 0 Å². The molecule has 0 heterocycles. The minimum atomic E-state index is -0.567. The van der Waals surface area contributed by atoms with Gasteiger partial charge in [0.25, 0.3) is 0 Å². The second kappa shape index (κ2) is 12.2. The van der Waals surface area contributed by atoms with Crippen LogP contribution >= 0.6 is 0 Å². The molecule has 0 amide bonds. The molecule has 0 saturated heterocycles. The summed E-state index contributed by atoms with van der Waals surface area (Å²) in [6, 6.07) is 16.0. The fraction of sp³-hybridized carbons (Fsp3) is 0.407. The molecule has 2 atom stereocenters. The molecular weight excluding hydrogens is 420 g/mol. The zero-order valence-electron chi connectivity index (χ0n) is 20.3. The van der Waals surface area contributed by atoms with Gasteiger partial charge in [0.15, 0.2) is 5.78 Å². The number of rotatable bonds is 12. The van der Waals surface area contributed by atoms with Gasteiger partial charge in [0, 0.05) is 18.6 Å². The van der Waals surface area contributed by atoms with Gasteiger partial charge in [-0.25, -0.2) is 4.79 Å². The molecule has 178 valence electrons. The summed E-state index contributed by atoms with van der Waals surface area (Å²) in [5.41, 5.74) is 2.11. The van der Waals surface area contributed by atoms with Crippen LogP contribution in [0.1, 0.15) is 45.7 Å². The van der Waals surface area contributed by atoms with Crippen LogP contribution in [0.3, 0.4) is 0 Å². The molecule has 0 N–H and O–H groups in total. The zero-order chi connectivity index (χ0) is 24.4. The smallest absolute Gasteiger partial charge is 0.331 e. The van der Waals surface area contributed by atoms with Crippen LogP contribution in [0.25, 0.3) is 0 Å². The highest BCUT2D eigenvalue weighted by Gasteiger charge is 2.23. The topological polar surface area (TPSA) is 71.1 Å². The number of hydrogen-bond acceptors (Lipinski definition) is 6. The maximum atomic E-state index is 11.6. The van der Waals surface area contributed by atoms with Crippen molar-refractivity contribution in [1.29, 1.82) is 0 Å². The van der Waals surface area contributed by atoms with Gasteiger partial charge in [-0.15, -0.1) is 0 Å². The Hall–Kier alpha value is -3.12.